The van der Waals surface area contributed by atoms with Gasteiger partial charge in [0.1, 0.15) is 6.07 Å². The van der Waals surface area contributed by atoms with Crippen molar-refractivity contribution >= 4 is 52.2 Å². The SMILES string of the molecule is N#Cc1cc([N+](=O)[O-])ccc1NC(=O)C(=O)C1C(=O)NC(=S)NC1=O. The highest BCUT2D eigenvalue weighted by molar-refractivity contribution is 7.80. The van der Waals surface area contributed by atoms with E-state index in [1.54, 1.807) is 6.07 Å². The summed E-state index contributed by atoms with van der Waals surface area (Å²) in [6.45, 7) is 0. The number of hydrogen-bond acceptors (Lipinski definition) is 8. The second-order valence-electron chi connectivity index (χ2n) is 4.66. The molecule has 0 unspecified atom stereocenters. The van der Waals surface area contributed by atoms with Crippen molar-refractivity contribution in [1.82, 2.24) is 10.6 Å². The van der Waals surface area contributed by atoms with Crippen LogP contribution in [0.15, 0.2) is 18.2 Å². The van der Waals surface area contributed by atoms with Crippen molar-refractivity contribution in [3.63, 3.8) is 0 Å². The molecule has 11 nitrogen and oxygen atoms in total. The topological polar surface area (TPSA) is 171 Å². The van der Waals surface area contributed by atoms with Gasteiger partial charge in [0.05, 0.1) is 16.2 Å². The van der Waals surface area contributed by atoms with Gasteiger partial charge in [-0.15, -0.1) is 0 Å². The van der Waals surface area contributed by atoms with E-state index in [0.717, 1.165) is 18.2 Å². The van der Waals surface area contributed by atoms with Gasteiger partial charge in [-0.2, -0.15) is 5.26 Å². The number of amides is 3. The predicted molar refractivity (Wildman–Crippen MR) is 83.8 cm³/mol. The highest BCUT2D eigenvalue weighted by Crippen LogP contribution is 2.21. The molecule has 0 bridgehead atoms. The summed E-state index contributed by atoms with van der Waals surface area (Å²) in [6.07, 6.45) is 0. The molecule has 3 N–H and O–H groups in total. The van der Waals surface area contributed by atoms with Crippen LogP contribution in [0.1, 0.15) is 5.56 Å². The van der Waals surface area contributed by atoms with E-state index in [1.807, 2.05) is 10.6 Å². The molecule has 25 heavy (non-hydrogen) atoms. The Morgan fingerprint density at radius 2 is 1.88 bits per heavy atom. The summed E-state index contributed by atoms with van der Waals surface area (Å²) in [5.74, 6) is -6.76. The van der Waals surface area contributed by atoms with Crippen LogP contribution in [0.2, 0.25) is 0 Å². The van der Waals surface area contributed by atoms with E-state index < -0.39 is 34.3 Å². The van der Waals surface area contributed by atoms with Gasteiger partial charge in [-0.05, 0) is 18.3 Å². The molecule has 1 aromatic rings. The molecule has 1 fully saturated rings. The number of anilines is 1. The fourth-order valence-electron chi connectivity index (χ4n) is 1.92. The maximum absolute atomic E-state index is 12.0. The lowest BCUT2D eigenvalue weighted by atomic mass is 10.00. The highest BCUT2D eigenvalue weighted by Gasteiger charge is 2.41. The fraction of sp³-hybridized carbons (Fsp3) is 0.0769. The van der Waals surface area contributed by atoms with E-state index in [2.05, 4.69) is 17.5 Å². The Morgan fingerprint density at radius 1 is 1.28 bits per heavy atom. The number of thiocarbonyl (C=S) groups is 1. The van der Waals surface area contributed by atoms with Crippen LogP contribution in [0.25, 0.3) is 0 Å². The third-order valence-corrected chi connectivity index (χ3v) is 3.27. The van der Waals surface area contributed by atoms with Gasteiger partial charge in [0.2, 0.25) is 17.6 Å². The maximum atomic E-state index is 12.0. The Bertz CT molecular complexity index is 869. The molecule has 0 radical (unpaired) electrons. The first kappa shape index (κ1) is 17.6. The fourth-order valence-corrected chi connectivity index (χ4v) is 2.12. The van der Waals surface area contributed by atoms with E-state index in [0.29, 0.717) is 0 Å². The zero-order chi connectivity index (χ0) is 18.7. The Balaban J connectivity index is 2.22. The van der Waals surface area contributed by atoms with E-state index in [9.17, 15) is 29.3 Å². The van der Waals surface area contributed by atoms with Crippen LogP contribution in [-0.4, -0.2) is 33.5 Å². The summed E-state index contributed by atoms with van der Waals surface area (Å²) >= 11 is 4.57. The number of Topliss-reactive ketones (excluding diaryl/α,β-unsaturated/α-hetero) is 1. The average molecular weight is 361 g/mol. The summed E-state index contributed by atoms with van der Waals surface area (Å²) in [5, 5.41) is 25.5. The smallest absolute Gasteiger partial charge is 0.293 e. The van der Waals surface area contributed by atoms with Gasteiger partial charge >= 0.3 is 0 Å². The van der Waals surface area contributed by atoms with Crippen molar-refractivity contribution in [2.45, 2.75) is 0 Å². The molecule has 1 saturated heterocycles. The van der Waals surface area contributed by atoms with Gasteiger partial charge in [0.25, 0.3) is 11.6 Å². The van der Waals surface area contributed by atoms with Crippen LogP contribution in [0.4, 0.5) is 11.4 Å². The van der Waals surface area contributed by atoms with Gasteiger partial charge in [-0.1, -0.05) is 0 Å². The molecule has 1 aromatic carbocycles. The molecule has 0 saturated carbocycles. The standard InChI is InChI=1S/C13H7N5O6S/c14-4-5-3-6(18(23)24)1-2-7(5)15-12(22)9(19)8-10(20)16-13(25)17-11(8)21/h1-3,8H,(H,15,22)(H2,16,17,20,21,25). The first-order valence-electron chi connectivity index (χ1n) is 6.44. The molecule has 1 heterocycles. The van der Waals surface area contributed by atoms with Crippen LogP contribution in [0.3, 0.4) is 0 Å². The van der Waals surface area contributed by atoms with E-state index >= 15 is 0 Å². The average Bonchev–Trinajstić information content (AvgIpc) is 2.53. The lowest BCUT2D eigenvalue weighted by molar-refractivity contribution is -0.384. The first-order valence-corrected chi connectivity index (χ1v) is 6.85. The zero-order valence-electron chi connectivity index (χ0n) is 12.1. The van der Waals surface area contributed by atoms with Gasteiger partial charge in [-0.3, -0.25) is 29.3 Å². The monoisotopic (exact) mass is 361 g/mol. The second-order valence-corrected chi connectivity index (χ2v) is 5.07. The van der Waals surface area contributed by atoms with Crippen LogP contribution in [0, 0.1) is 27.4 Å². The lowest BCUT2D eigenvalue weighted by Crippen LogP contribution is -2.59. The highest BCUT2D eigenvalue weighted by atomic mass is 32.1. The number of benzene rings is 1. The number of carbonyl (C=O) groups is 4. The molecule has 12 heteroatoms. The Kier molecular flexibility index (Phi) is 4.80. The number of nitrogens with one attached hydrogen (secondary N) is 3. The molecule has 2 rings (SSSR count). The molecule has 0 spiro atoms. The van der Waals surface area contributed by atoms with Gasteiger partial charge in [-0.25, -0.2) is 0 Å². The maximum Gasteiger partial charge on any atom is 0.293 e. The predicted octanol–water partition coefficient (Wildman–Crippen LogP) is -0.879. The number of carbonyl (C=O) groups excluding carboxylic acids is 4. The zero-order valence-corrected chi connectivity index (χ0v) is 12.9. The summed E-state index contributed by atoms with van der Waals surface area (Å²) in [7, 11) is 0. The van der Waals surface area contributed by atoms with Crippen LogP contribution in [0.5, 0.6) is 0 Å². The summed E-state index contributed by atoms with van der Waals surface area (Å²) in [5.41, 5.74) is -0.840. The first-order chi connectivity index (χ1) is 11.7. The molecule has 1 aliphatic heterocycles. The number of nitrogens with zero attached hydrogens (tertiary/aromatic N) is 2. The minimum atomic E-state index is -1.93. The van der Waals surface area contributed by atoms with E-state index in [4.69, 9.17) is 5.26 Å². The van der Waals surface area contributed by atoms with E-state index in [-0.39, 0.29) is 22.1 Å². The number of ketones is 1. The normalized spacial score (nSPS) is 14.1. The summed E-state index contributed by atoms with van der Waals surface area (Å²) in [4.78, 5) is 57.3. The molecule has 0 aromatic heterocycles. The van der Waals surface area contributed by atoms with Gasteiger partial charge in [0, 0.05) is 12.1 Å². The largest absolute Gasteiger partial charge is 0.318 e. The van der Waals surface area contributed by atoms with Crippen molar-refractivity contribution < 1.29 is 24.1 Å². The third kappa shape index (κ3) is 3.62. The minimum Gasteiger partial charge on any atom is -0.318 e. The van der Waals surface area contributed by atoms with Crippen LogP contribution in [-0.2, 0) is 19.2 Å². The lowest BCUT2D eigenvalue weighted by Gasteiger charge is -2.20. The Hall–Kier alpha value is -3.72. The molecule has 0 aliphatic carbocycles. The van der Waals surface area contributed by atoms with Crippen LogP contribution < -0.4 is 16.0 Å². The van der Waals surface area contributed by atoms with Crippen molar-refractivity contribution in [3.05, 3.63) is 33.9 Å². The van der Waals surface area contributed by atoms with Crippen molar-refractivity contribution in [2.24, 2.45) is 5.92 Å². The van der Waals surface area contributed by atoms with Gasteiger partial charge in [0.15, 0.2) is 11.0 Å². The molecular formula is C13H7N5O6S. The number of nitro groups is 1. The minimum absolute atomic E-state index is 0.182. The van der Waals surface area contributed by atoms with Crippen molar-refractivity contribution in [1.29, 1.82) is 5.26 Å². The van der Waals surface area contributed by atoms with E-state index in [1.165, 1.54) is 0 Å². The molecule has 3 amide bonds. The Labute approximate surface area is 144 Å². The molecule has 0 atom stereocenters. The van der Waals surface area contributed by atoms with Gasteiger partial charge < -0.3 is 16.0 Å². The molecular weight excluding hydrogens is 354 g/mol. The molecule has 1 aliphatic rings. The Morgan fingerprint density at radius 3 is 2.40 bits per heavy atom. The number of rotatable bonds is 4. The second kappa shape index (κ2) is 6.81. The number of non-ortho nitro benzene ring substituents is 1. The summed E-state index contributed by atoms with van der Waals surface area (Å²) in [6, 6.07) is 4.60. The number of nitro benzene ring substituents is 1. The van der Waals surface area contributed by atoms with Crippen LogP contribution >= 0.6 is 12.2 Å². The van der Waals surface area contributed by atoms with Crippen molar-refractivity contribution in [3.8, 4) is 6.07 Å². The quantitative estimate of drug-likeness (QED) is 0.204. The third-order valence-electron chi connectivity index (χ3n) is 3.07. The molecule has 126 valence electrons. The van der Waals surface area contributed by atoms with Crippen molar-refractivity contribution in [2.75, 3.05) is 5.32 Å². The number of nitriles is 1. The summed E-state index contributed by atoms with van der Waals surface area (Å²) < 4.78 is 0. The number of hydrogen-bond donors (Lipinski definition) is 3.